The average molecular weight is 384 g/mol. The molecule has 1 heterocycles. The zero-order chi connectivity index (χ0) is 19.4. The number of quaternary nitrogens is 1. The molecular weight excluding hydrogens is 363 g/mol. The van der Waals surface area contributed by atoms with Crippen LogP contribution in [0, 0.1) is 5.82 Å². The molecular formula is C17H21ClFN4O3+. The molecule has 1 unspecified atom stereocenters. The normalized spacial score (nSPS) is 12.2. The van der Waals surface area contributed by atoms with E-state index in [1.54, 1.807) is 13.1 Å². The van der Waals surface area contributed by atoms with Crippen molar-refractivity contribution in [2.24, 2.45) is 0 Å². The van der Waals surface area contributed by atoms with Gasteiger partial charge in [-0.05, 0) is 18.6 Å². The number of ketones is 1. The first kappa shape index (κ1) is 19.9. The molecule has 1 aromatic heterocycles. The molecule has 0 bridgehead atoms. The van der Waals surface area contributed by atoms with Gasteiger partial charge in [0.15, 0.2) is 0 Å². The number of nitrogens with zero attached hydrogens (tertiary/aromatic N) is 1. The predicted molar refractivity (Wildman–Crippen MR) is 97.2 cm³/mol. The fourth-order valence-corrected chi connectivity index (χ4v) is 2.96. The smallest absolute Gasteiger partial charge is 0.329 e. The van der Waals surface area contributed by atoms with E-state index in [4.69, 9.17) is 17.3 Å². The third kappa shape index (κ3) is 4.20. The zero-order valence-electron chi connectivity index (χ0n) is 14.6. The Morgan fingerprint density at radius 3 is 2.69 bits per heavy atom. The molecule has 0 radical (unpaired) electrons. The van der Waals surface area contributed by atoms with Crippen LogP contribution in [0.1, 0.15) is 29.3 Å². The second-order valence-corrected chi connectivity index (χ2v) is 6.51. The summed E-state index contributed by atoms with van der Waals surface area (Å²) in [6.45, 7) is 2.18. The summed E-state index contributed by atoms with van der Waals surface area (Å²) in [5.41, 5.74) is 4.45. The summed E-state index contributed by atoms with van der Waals surface area (Å²) >= 11 is 6.00. The SMILES string of the molecule is CCCn1c(N)c(C(=O)C[NH+](C)Cc2c(F)cccc2Cl)c(=O)[nH]c1=O. The number of Topliss-reactive ketones (excluding diaryl/α,β-unsaturated/α-hetero) is 1. The van der Waals surface area contributed by atoms with Gasteiger partial charge in [0.1, 0.15) is 30.3 Å². The van der Waals surface area contributed by atoms with Crippen LogP contribution in [0.3, 0.4) is 0 Å². The molecule has 9 heteroatoms. The number of aromatic amines is 1. The molecule has 0 saturated heterocycles. The summed E-state index contributed by atoms with van der Waals surface area (Å²) in [5.74, 6) is -1.14. The number of nitrogen functional groups attached to an aromatic ring is 1. The van der Waals surface area contributed by atoms with Crippen LogP contribution in [0.4, 0.5) is 10.2 Å². The van der Waals surface area contributed by atoms with Gasteiger partial charge in [0.2, 0.25) is 5.78 Å². The summed E-state index contributed by atoms with van der Waals surface area (Å²) in [6, 6.07) is 4.36. The molecule has 1 atom stereocenters. The Bertz CT molecular complexity index is 918. The predicted octanol–water partition coefficient (Wildman–Crippen LogP) is 0.219. The van der Waals surface area contributed by atoms with E-state index >= 15 is 0 Å². The highest BCUT2D eigenvalue weighted by Crippen LogP contribution is 2.17. The van der Waals surface area contributed by atoms with E-state index in [2.05, 4.69) is 4.98 Å². The van der Waals surface area contributed by atoms with Crippen molar-refractivity contribution < 1.29 is 14.1 Å². The summed E-state index contributed by atoms with van der Waals surface area (Å²) in [4.78, 5) is 39.2. The van der Waals surface area contributed by atoms with E-state index in [0.717, 1.165) is 4.57 Å². The first-order valence-electron chi connectivity index (χ1n) is 8.16. The van der Waals surface area contributed by atoms with Gasteiger partial charge in [-0.25, -0.2) is 9.18 Å². The van der Waals surface area contributed by atoms with Gasteiger partial charge in [0.25, 0.3) is 5.56 Å². The van der Waals surface area contributed by atoms with Gasteiger partial charge < -0.3 is 10.6 Å². The summed E-state index contributed by atoms with van der Waals surface area (Å²) < 4.78 is 15.1. The molecule has 0 aliphatic carbocycles. The Labute approximate surface area is 154 Å². The van der Waals surface area contributed by atoms with Crippen molar-refractivity contribution in [1.29, 1.82) is 0 Å². The van der Waals surface area contributed by atoms with Gasteiger partial charge in [-0.15, -0.1) is 0 Å². The highest BCUT2D eigenvalue weighted by molar-refractivity contribution is 6.31. The van der Waals surface area contributed by atoms with E-state index in [1.165, 1.54) is 12.1 Å². The van der Waals surface area contributed by atoms with E-state index in [0.29, 0.717) is 11.3 Å². The number of H-pyrrole nitrogens is 1. The molecule has 140 valence electrons. The maximum Gasteiger partial charge on any atom is 0.329 e. The van der Waals surface area contributed by atoms with Gasteiger partial charge in [-0.3, -0.25) is 19.1 Å². The van der Waals surface area contributed by atoms with Crippen LogP contribution in [0.15, 0.2) is 27.8 Å². The van der Waals surface area contributed by atoms with E-state index in [-0.39, 0.29) is 41.6 Å². The van der Waals surface area contributed by atoms with Gasteiger partial charge in [0, 0.05) is 6.54 Å². The van der Waals surface area contributed by atoms with Gasteiger partial charge in [0.05, 0.1) is 17.6 Å². The summed E-state index contributed by atoms with van der Waals surface area (Å²) in [7, 11) is 1.67. The fraction of sp³-hybridized carbons (Fsp3) is 0.353. The van der Waals surface area contributed by atoms with Crippen LogP contribution in [0.5, 0.6) is 0 Å². The van der Waals surface area contributed by atoms with Crippen LogP contribution >= 0.6 is 11.6 Å². The minimum Gasteiger partial charge on any atom is -0.384 e. The van der Waals surface area contributed by atoms with Gasteiger partial charge in [-0.2, -0.15) is 0 Å². The lowest BCUT2D eigenvalue weighted by atomic mass is 10.1. The molecule has 26 heavy (non-hydrogen) atoms. The number of halogens is 2. The number of hydrogen-bond acceptors (Lipinski definition) is 4. The Kier molecular flexibility index (Phi) is 6.33. The molecule has 0 spiro atoms. The lowest BCUT2D eigenvalue weighted by molar-refractivity contribution is -0.885. The highest BCUT2D eigenvalue weighted by atomic mass is 35.5. The standard InChI is InChI=1S/C17H20ClFN4O3/c1-3-7-23-15(20)14(16(25)21-17(23)26)13(24)9-22(2)8-10-11(18)5-4-6-12(10)19/h4-6H,3,7-9,20H2,1-2H3,(H,21,25,26)/p+1. The zero-order valence-corrected chi connectivity index (χ0v) is 15.3. The molecule has 1 aromatic carbocycles. The van der Waals surface area contributed by atoms with Crippen molar-refractivity contribution in [1.82, 2.24) is 9.55 Å². The Hall–Kier alpha value is -2.45. The molecule has 0 amide bonds. The second kappa shape index (κ2) is 8.29. The molecule has 4 N–H and O–H groups in total. The maximum absolute atomic E-state index is 13.9. The third-order valence-electron chi connectivity index (χ3n) is 3.97. The van der Waals surface area contributed by atoms with Gasteiger partial charge >= 0.3 is 5.69 Å². The summed E-state index contributed by atoms with van der Waals surface area (Å²) in [6.07, 6.45) is 0.612. The lowest BCUT2D eigenvalue weighted by Gasteiger charge is -2.16. The van der Waals surface area contributed by atoms with Crippen molar-refractivity contribution in [3.63, 3.8) is 0 Å². The van der Waals surface area contributed by atoms with Crippen molar-refractivity contribution in [2.75, 3.05) is 19.3 Å². The van der Waals surface area contributed by atoms with Gasteiger partial charge in [-0.1, -0.05) is 24.6 Å². The molecule has 2 aromatic rings. The Balaban J connectivity index is 2.26. The quantitative estimate of drug-likeness (QED) is 0.595. The molecule has 2 rings (SSSR count). The number of carbonyl (C=O) groups is 1. The number of benzene rings is 1. The van der Waals surface area contributed by atoms with E-state index < -0.39 is 22.8 Å². The number of nitrogens with two attached hydrogens (primary N) is 1. The second-order valence-electron chi connectivity index (χ2n) is 6.11. The van der Waals surface area contributed by atoms with Crippen LogP contribution in [0.2, 0.25) is 5.02 Å². The van der Waals surface area contributed by atoms with Crippen LogP contribution < -0.4 is 21.9 Å². The first-order chi connectivity index (χ1) is 12.3. The van der Waals surface area contributed by atoms with Crippen molar-refractivity contribution in [2.45, 2.75) is 26.4 Å². The number of nitrogens with one attached hydrogen (secondary N) is 2. The van der Waals surface area contributed by atoms with Crippen molar-refractivity contribution in [3.8, 4) is 0 Å². The fourth-order valence-electron chi connectivity index (χ4n) is 2.73. The van der Waals surface area contributed by atoms with Crippen molar-refractivity contribution in [3.05, 3.63) is 61.0 Å². The average Bonchev–Trinajstić information content (AvgIpc) is 2.54. The number of hydrogen-bond donors (Lipinski definition) is 3. The number of anilines is 1. The lowest BCUT2D eigenvalue weighted by Crippen LogP contribution is -3.08. The third-order valence-corrected chi connectivity index (χ3v) is 4.32. The first-order valence-corrected chi connectivity index (χ1v) is 8.54. The van der Waals surface area contributed by atoms with Crippen LogP contribution in [-0.4, -0.2) is 28.9 Å². The molecule has 0 aliphatic rings. The molecule has 0 aliphatic heterocycles. The molecule has 7 nitrogen and oxygen atoms in total. The largest absolute Gasteiger partial charge is 0.384 e. The van der Waals surface area contributed by atoms with E-state index in [9.17, 15) is 18.8 Å². The number of likely N-dealkylation sites (N-methyl/N-ethyl adjacent to an activating group) is 1. The highest BCUT2D eigenvalue weighted by Gasteiger charge is 2.23. The minimum atomic E-state index is -0.818. The molecule has 0 fully saturated rings. The monoisotopic (exact) mass is 383 g/mol. The van der Waals surface area contributed by atoms with Crippen molar-refractivity contribution >= 4 is 23.2 Å². The van der Waals surface area contributed by atoms with Crippen LogP contribution in [0.25, 0.3) is 0 Å². The Morgan fingerprint density at radius 2 is 2.08 bits per heavy atom. The molecule has 0 saturated carbocycles. The minimum absolute atomic E-state index is 0.109. The maximum atomic E-state index is 13.9. The van der Waals surface area contributed by atoms with E-state index in [1.807, 2.05) is 6.92 Å². The summed E-state index contributed by atoms with van der Waals surface area (Å²) in [5, 5.41) is 0.269. The topological polar surface area (TPSA) is 102 Å². The number of rotatable bonds is 7. The Morgan fingerprint density at radius 1 is 1.38 bits per heavy atom. The van der Waals surface area contributed by atoms with Crippen LogP contribution in [-0.2, 0) is 13.1 Å². The number of carbonyl (C=O) groups excluding carboxylic acids is 1. The number of aromatic nitrogens is 2.